The van der Waals surface area contributed by atoms with Gasteiger partial charge in [0.2, 0.25) is 0 Å². The zero-order chi connectivity index (χ0) is 22.9. The van der Waals surface area contributed by atoms with E-state index in [1.54, 1.807) is 0 Å². The van der Waals surface area contributed by atoms with E-state index < -0.39 is 51.7 Å². The molecule has 0 aliphatic heterocycles. The number of allylic oxidation sites excluding steroid dienone is 1. The maximum atomic E-state index is 14.8. The fourth-order valence-corrected chi connectivity index (χ4v) is 4.44. The van der Waals surface area contributed by atoms with Gasteiger partial charge in [-0.2, -0.15) is 13.2 Å². The zero-order valence-corrected chi connectivity index (χ0v) is 17.1. The molecule has 1 fully saturated rings. The van der Waals surface area contributed by atoms with Crippen LogP contribution in [0.5, 0.6) is 0 Å². The molecule has 0 heterocycles. The monoisotopic (exact) mass is 444 g/mol. The molecule has 0 saturated heterocycles. The third-order valence-corrected chi connectivity index (χ3v) is 6.05. The number of hydrogen-bond donors (Lipinski definition) is 0. The molecule has 0 aromatic heterocycles. The van der Waals surface area contributed by atoms with E-state index in [1.807, 2.05) is 0 Å². The van der Waals surface area contributed by atoms with Crippen molar-refractivity contribution in [2.75, 3.05) is 0 Å². The second-order valence-electron chi connectivity index (χ2n) is 8.16. The van der Waals surface area contributed by atoms with Crippen molar-refractivity contribution in [3.05, 3.63) is 65.2 Å². The normalized spacial score (nSPS) is 19.5. The van der Waals surface area contributed by atoms with Crippen LogP contribution in [-0.4, -0.2) is 6.18 Å². The van der Waals surface area contributed by atoms with E-state index in [-0.39, 0.29) is 5.92 Å². The molecule has 1 saturated carbocycles. The Kier molecular flexibility index (Phi) is 6.82. The first-order chi connectivity index (χ1) is 14.5. The lowest BCUT2D eigenvalue weighted by Gasteiger charge is -2.29. The van der Waals surface area contributed by atoms with Gasteiger partial charge in [-0.15, -0.1) is 0 Å². The van der Waals surface area contributed by atoms with Crippen LogP contribution in [0.3, 0.4) is 0 Å². The maximum absolute atomic E-state index is 14.8. The lowest BCUT2D eigenvalue weighted by molar-refractivity contribution is -0.0690. The van der Waals surface area contributed by atoms with Crippen LogP contribution in [0.1, 0.15) is 62.5 Å². The zero-order valence-electron chi connectivity index (χ0n) is 17.1. The highest BCUT2D eigenvalue weighted by atomic mass is 19.4. The summed E-state index contributed by atoms with van der Waals surface area (Å²) in [5.41, 5.74) is -3.77. The smallest absolute Gasteiger partial charge is 0.206 e. The first kappa shape index (κ1) is 23.4. The number of alkyl halides is 3. The molecule has 3 rings (SSSR count). The molecule has 0 amide bonds. The van der Waals surface area contributed by atoms with Crippen molar-refractivity contribution in [1.82, 2.24) is 0 Å². The predicted octanol–water partition coefficient (Wildman–Crippen LogP) is 8.56. The minimum absolute atomic E-state index is 0.00267. The second-order valence-corrected chi connectivity index (χ2v) is 8.16. The molecular formula is C24H23F7. The van der Waals surface area contributed by atoms with Crippen molar-refractivity contribution in [1.29, 1.82) is 0 Å². The Bertz CT molecular complexity index is 920. The average Bonchev–Trinajstić information content (AvgIpc) is 2.67. The van der Waals surface area contributed by atoms with Crippen molar-refractivity contribution in [2.24, 2.45) is 5.92 Å². The van der Waals surface area contributed by atoms with Crippen LogP contribution in [0.2, 0.25) is 0 Å². The van der Waals surface area contributed by atoms with E-state index in [1.165, 1.54) is 0 Å². The lowest BCUT2D eigenvalue weighted by atomic mass is 9.77. The van der Waals surface area contributed by atoms with Gasteiger partial charge in [0.05, 0.1) is 16.7 Å². The van der Waals surface area contributed by atoms with E-state index in [0.29, 0.717) is 23.6 Å². The van der Waals surface area contributed by atoms with E-state index in [0.717, 1.165) is 50.7 Å². The minimum atomic E-state index is -5.04. The van der Waals surface area contributed by atoms with Crippen molar-refractivity contribution >= 4 is 5.57 Å². The largest absolute Gasteiger partial charge is 0.416 e. The van der Waals surface area contributed by atoms with Gasteiger partial charge in [-0.25, -0.2) is 17.6 Å². The van der Waals surface area contributed by atoms with Crippen molar-refractivity contribution in [3.63, 3.8) is 0 Å². The summed E-state index contributed by atoms with van der Waals surface area (Å²) in [5.74, 6) is -4.58. The molecule has 0 N–H and O–H groups in total. The molecule has 2 aromatic carbocycles. The van der Waals surface area contributed by atoms with E-state index >= 15 is 0 Å². The van der Waals surface area contributed by atoms with Crippen LogP contribution in [0.4, 0.5) is 30.7 Å². The summed E-state index contributed by atoms with van der Waals surface area (Å²) in [6.45, 7) is 4.80. The molecule has 0 nitrogen and oxygen atoms in total. The molecule has 2 aromatic rings. The summed E-state index contributed by atoms with van der Waals surface area (Å²) in [7, 11) is 0. The molecule has 1 aliphatic carbocycles. The van der Waals surface area contributed by atoms with Gasteiger partial charge in [0.15, 0.2) is 0 Å². The van der Waals surface area contributed by atoms with Crippen molar-refractivity contribution in [3.8, 4) is 11.1 Å². The topological polar surface area (TPSA) is 0 Å². The highest BCUT2D eigenvalue weighted by Crippen LogP contribution is 2.41. The first-order valence-electron chi connectivity index (χ1n) is 10.3. The Hall–Kier alpha value is -2.31. The van der Waals surface area contributed by atoms with Gasteiger partial charge < -0.3 is 0 Å². The third kappa shape index (κ3) is 4.96. The Balaban J connectivity index is 1.92. The highest BCUT2D eigenvalue weighted by Gasteiger charge is 2.36. The minimum Gasteiger partial charge on any atom is -0.206 e. The average molecular weight is 444 g/mol. The van der Waals surface area contributed by atoms with E-state index in [9.17, 15) is 30.7 Å². The fraction of sp³-hybridized carbons (Fsp3) is 0.417. The summed E-state index contributed by atoms with van der Waals surface area (Å²) in [4.78, 5) is 0. The number of benzene rings is 2. The van der Waals surface area contributed by atoms with Crippen LogP contribution in [0.25, 0.3) is 16.7 Å². The van der Waals surface area contributed by atoms with Crippen molar-refractivity contribution in [2.45, 2.75) is 57.5 Å². The molecule has 0 spiro atoms. The van der Waals surface area contributed by atoms with Gasteiger partial charge in [-0.05, 0) is 72.9 Å². The first-order valence-corrected chi connectivity index (χ1v) is 10.3. The summed E-state index contributed by atoms with van der Waals surface area (Å²) in [6, 6.07) is 3.29. The molecule has 0 radical (unpaired) electrons. The van der Waals surface area contributed by atoms with Gasteiger partial charge in [0.1, 0.15) is 23.3 Å². The molecule has 0 bridgehead atoms. The number of rotatable bonds is 5. The predicted molar refractivity (Wildman–Crippen MR) is 106 cm³/mol. The van der Waals surface area contributed by atoms with Crippen LogP contribution < -0.4 is 0 Å². The van der Waals surface area contributed by atoms with Crippen LogP contribution in [0, 0.1) is 29.2 Å². The molecule has 1 aliphatic rings. The van der Waals surface area contributed by atoms with Crippen LogP contribution in [0.15, 0.2) is 30.8 Å². The van der Waals surface area contributed by atoms with Crippen LogP contribution >= 0.6 is 0 Å². The number of halogens is 7. The van der Waals surface area contributed by atoms with Gasteiger partial charge >= 0.3 is 6.18 Å². The van der Waals surface area contributed by atoms with E-state index in [2.05, 4.69) is 13.5 Å². The molecular weight excluding hydrogens is 421 g/mol. The number of hydrogen-bond acceptors (Lipinski definition) is 0. The Morgan fingerprint density at radius 1 is 0.871 bits per heavy atom. The molecule has 31 heavy (non-hydrogen) atoms. The maximum Gasteiger partial charge on any atom is 0.416 e. The molecule has 168 valence electrons. The Labute approximate surface area is 176 Å². The third-order valence-electron chi connectivity index (χ3n) is 6.05. The summed E-state index contributed by atoms with van der Waals surface area (Å²) in [5, 5.41) is 0. The van der Waals surface area contributed by atoms with Crippen molar-refractivity contribution < 1.29 is 30.7 Å². The SMILES string of the molecule is C=C(c1c(F)cc(-c2c(F)cc(C3CCC(CCC)CC3)cc2F)cc1F)C(F)(F)F. The summed E-state index contributed by atoms with van der Waals surface area (Å²) < 4.78 is 96.4. The Morgan fingerprint density at radius 3 is 1.84 bits per heavy atom. The molecule has 7 heteroatoms. The quantitative estimate of drug-likeness (QED) is 0.405. The standard InChI is InChI=1S/C24H23F7/c1-3-4-14-5-7-15(8-6-14)16-9-20(27)23(21(28)10-16)17-11-18(25)22(19(26)12-17)13(2)24(29,30)31/h9-12,14-15H,2-8H2,1H3. The Morgan fingerprint density at radius 2 is 1.39 bits per heavy atom. The molecule has 0 atom stereocenters. The van der Waals surface area contributed by atoms with E-state index in [4.69, 9.17) is 0 Å². The summed E-state index contributed by atoms with van der Waals surface area (Å²) >= 11 is 0. The summed E-state index contributed by atoms with van der Waals surface area (Å²) in [6.07, 6.45) is 0.741. The second kappa shape index (κ2) is 9.05. The lowest BCUT2D eigenvalue weighted by Crippen LogP contribution is -2.14. The van der Waals surface area contributed by atoms with Gasteiger partial charge in [0, 0.05) is 0 Å². The fourth-order valence-electron chi connectivity index (χ4n) is 4.44. The van der Waals surface area contributed by atoms with Crippen LogP contribution in [-0.2, 0) is 0 Å². The van der Waals surface area contributed by atoms with Gasteiger partial charge in [0.25, 0.3) is 0 Å². The van der Waals surface area contributed by atoms with Gasteiger partial charge in [-0.3, -0.25) is 0 Å². The highest BCUT2D eigenvalue weighted by molar-refractivity contribution is 5.73. The van der Waals surface area contributed by atoms with Gasteiger partial charge in [-0.1, -0.05) is 26.3 Å². The molecule has 0 unspecified atom stereocenters.